The van der Waals surface area contributed by atoms with Crippen molar-refractivity contribution in [3.8, 4) is 5.75 Å². The largest absolute Gasteiger partial charge is 0.489 e. The van der Waals surface area contributed by atoms with Gasteiger partial charge >= 0.3 is 5.97 Å². The second-order valence-corrected chi connectivity index (χ2v) is 6.97. The summed E-state index contributed by atoms with van der Waals surface area (Å²) in [5, 5.41) is 12.1. The molecule has 0 amide bonds. The van der Waals surface area contributed by atoms with E-state index in [0.29, 0.717) is 23.3 Å². The van der Waals surface area contributed by atoms with Crippen LogP contribution in [0.2, 0.25) is 0 Å². The monoisotopic (exact) mass is 420 g/mol. The third-order valence-electron chi connectivity index (χ3n) is 4.81. The van der Waals surface area contributed by atoms with Gasteiger partial charge in [-0.2, -0.15) is 4.68 Å². The smallest absolute Gasteiger partial charge is 0.312 e. The van der Waals surface area contributed by atoms with Gasteiger partial charge in [-0.3, -0.25) is 9.59 Å². The van der Waals surface area contributed by atoms with E-state index in [9.17, 15) is 9.59 Å². The lowest BCUT2D eigenvalue weighted by molar-refractivity contribution is -0.147. The van der Waals surface area contributed by atoms with Crippen molar-refractivity contribution in [3.05, 3.63) is 81.5 Å². The van der Waals surface area contributed by atoms with Crippen LogP contribution in [0.3, 0.4) is 0 Å². The number of aromatic nitrogens is 4. The first kappa shape index (κ1) is 20.3. The number of nitrogens with zero attached hydrogens (tertiary/aromatic N) is 4. The van der Waals surface area contributed by atoms with Gasteiger partial charge in [0.2, 0.25) is 0 Å². The first-order valence-electron chi connectivity index (χ1n) is 9.63. The summed E-state index contributed by atoms with van der Waals surface area (Å²) in [5.41, 5.74) is 2.60. The molecule has 0 aliphatic carbocycles. The maximum absolute atomic E-state index is 12.4. The summed E-state index contributed by atoms with van der Waals surface area (Å²) < 4.78 is 17.1. The molecule has 31 heavy (non-hydrogen) atoms. The van der Waals surface area contributed by atoms with Crippen LogP contribution in [0.15, 0.2) is 57.8 Å². The number of benzene rings is 2. The van der Waals surface area contributed by atoms with E-state index in [4.69, 9.17) is 14.0 Å². The third-order valence-corrected chi connectivity index (χ3v) is 4.81. The number of hydrogen-bond donors (Lipinski definition) is 0. The molecule has 0 unspecified atom stereocenters. The number of hydrogen-bond acceptors (Lipinski definition) is 8. The van der Waals surface area contributed by atoms with Gasteiger partial charge in [-0.15, -0.1) is 5.10 Å². The molecule has 2 heterocycles. The normalized spacial score (nSPS) is 10.9. The Morgan fingerprint density at radius 2 is 1.87 bits per heavy atom. The number of fused-ring (bicyclic) bond motifs is 1. The minimum absolute atomic E-state index is 0.0555. The Hall–Kier alpha value is -4.01. The van der Waals surface area contributed by atoms with Gasteiger partial charge in [0.05, 0.1) is 23.1 Å². The maximum Gasteiger partial charge on any atom is 0.312 e. The molecule has 0 saturated carbocycles. The Labute approximate surface area is 177 Å². The first-order valence-corrected chi connectivity index (χ1v) is 9.63. The molecule has 0 radical (unpaired) electrons. The van der Waals surface area contributed by atoms with Crippen molar-refractivity contribution in [3.63, 3.8) is 0 Å². The Bertz CT molecular complexity index is 1260. The summed E-state index contributed by atoms with van der Waals surface area (Å²) in [4.78, 5) is 24.5. The number of carbonyl (C=O) groups is 1. The van der Waals surface area contributed by atoms with E-state index in [1.54, 1.807) is 48.5 Å². The number of esters is 1. The van der Waals surface area contributed by atoms with Gasteiger partial charge in [-0.1, -0.05) is 34.6 Å². The molecule has 0 aliphatic rings. The number of carbonyl (C=O) groups excluding carboxylic acids is 1. The van der Waals surface area contributed by atoms with Crippen LogP contribution in [0.1, 0.15) is 22.6 Å². The molecule has 0 saturated heterocycles. The third kappa shape index (κ3) is 4.61. The van der Waals surface area contributed by atoms with Crippen LogP contribution in [-0.4, -0.2) is 26.1 Å². The molecular formula is C22H20N4O5. The summed E-state index contributed by atoms with van der Waals surface area (Å²) in [6.45, 7) is 3.75. The Balaban J connectivity index is 1.32. The molecule has 0 fully saturated rings. The lowest BCUT2D eigenvalue weighted by Crippen LogP contribution is -2.26. The average Bonchev–Trinajstić information content (AvgIpc) is 3.10. The van der Waals surface area contributed by atoms with E-state index in [-0.39, 0.29) is 18.7 Å². The van der Waals surface area contributed by atoms with Crippen molar-refractivity contribution >= 4 is 16.9 Å². The van der Waals surface area contributed by atoms with Crippen molar-refractivity contribution < 1.29 is 18.8 Å². The van der Waals surface area contributed by atoms with E-state index < -0.39 is 5.97 Å². The van der Waals surface area contributed by atoms with Crippen molar-refractivity contribution in [2.45, 2.75) is 33.6 Å². The fraction of sp³-hybridized carbons (Fsp3) is 0.227. The summed E-state index contributed by atoms with van der Waals surface area (Å²) >= 11 is 0. The first-order chi connectivity index (χ1) is 15.0. The minimum atomic E-state index is -0.480. The zero-order valence-electron chi connectivity index (χ0n) is 17.1. The molecule has 9 nitrogen and oxygen atoms in total. The molecular weight excluding hydrogens is 400 g/mol. The standard InChI is InChI=1S/C22H20N4O5/c1-14-19(15(2)31-24-14)12-29-17-9-7-16(8-10-17)11-21(27)30-13-26-22(28)18-5-3-4-6-20(18)23-25-26/h3-10H,11-13H2,1-2H3. The SMILES string of the molecule is Cc1noc(C)c1COc1ccc(CC(=O)OCn2nnc3ccccc3c2=O)cc1. The summed E-state index contributed by atoms with van der Waals surface area (Å²) in [6, 6.07) is 14.0. The van der Waals surface area contributed by atoms with E-state index in [0.717, 1.165) is 27.3 Å². The van der Waals surface area contributed by atoms with Crippen molar-refractivity contribution in [2.24, 2.45) is 0 Å². The topological polar surface area (TPSA) is 109 Å². The van der Waals surface area contributed by atoms with E-state index in [2.05, 4.69) is 15.5 Å². The lowest BCUT2D eigenvalue weighted by Gasteiger charge is -2.08. The molecule has 0 spiro atoms. The highest BCUT2D eigenvalue weighted by molar-refractivity contribution is 5.76. The highest BCUT2D eigenvalue weighted by Gasteiger charge is 2.11. The molecule has 0 atom stereocenters. The van der Waals surface area contributed by atoms with Crippen LogP contribution in [0.4, 0.5) is 0 Å². The zero-order valence-corrected chi connectivity index (χ0v) is 17.1. The van der Waals surface area contributed by atoms with Gasteiger partial charge in [0.1, 0.15) is 23.6 Å². The van der Waals surface area contributed by atoms with Gasteiger partial charge in [0.15, 0.2) is 6.73 Å². The Morgan fingerprint density at radius 3 is 2.61 bits per heavy atom. The number of ether oxygens (including phenoxy) is 2. The lowest BCUT2D eigenvalue weighted by atomic mass is 10.1. The Kier molecular flexibility index (Phi) is 5.74. The van der Waals surface area contributed by atoms with Crippen LogP contribution in [-0.2, 0) is 29.3 Å². The predicted octanol–water partition coefficient (Wildman–Crippen LogP) is 2.72. The molecule has 2 aromatic carbocycles. The molecule has 0 aliphatic heterocycles. The van der Waals surface area contributed by atoms with Gasteiger partial charge < -0.3 is 14.0 Å². The van der Waals surface area contributed by atoms with Crippen molar-refractivity contribution in [2.75, 3.05) is 0 Å². The molecule has 9 heteroatoms. The fourth-order valence-corrected chi connectivity index (χ4v) is 3.03. The van der Waals surface area contributed by atoms with E-state index in [1.807, 2.05) is 13.8 Å². The van der Waals surface area contributed by atoms with E-state index in [1.165, 1.54) is 0 Å². The molecule has 4 aromatic rings. The van der Waals surface area contributed by atoms with Crippen molar-refractivity contribution in [1.29, 1.82) is 0 Å². The van der Waals surface area contributed by atoms with E-state index >= 15 is 0 Å². The van der Waals surface area contributed by atoms with Crippen LogP contribution in [0.5, 0.6) is 5.75 Å². The van der Waals surface area contributed by atoms with Gasteiger partial charge in [-0.05, 0) is 43.7 Å². The molecule has 2 aromatic heterocycles. The van der Waals surface area contributed by atoms with Gasteiger partial charge in [0, 0.05) is 0 Å². The minimum Gasteiger partial charge on any atom is -0.489 e. The number of aryl methyl sites for hydroxylation is 2. The molecule has 0 N–H and O–H groups in total. The quantitative estimate of drug-likeness (QED) is 0.420. The fourth-order valence-electron chi connectivity index (χ4n) is 3.03. The van der Waals surface area contributed by atoms with Gasteiger partial charge in [-0.25, -0.2) is 0 Å². The molecule has 4 rings (SSSR count). The zero-order chi connectivity index (χ0) is 21.8. The maximum atomic E-state index is 12.4. The second-order valence-electron chi connectivity index (χ2n) is 6.97. The summed E-state index contributed by atoms with van der Waals surface area (Å²) in [7, 11) is 0. The Morgan fingerprint density at radius 1 is 1.10 bits per heavy atom. The molecule has 158 valence electrons. The van der Waals surface area contributed by atoms with Gasteiger partial charge in [0.25, 0.3) is 5.56 Å². The van der Waals surface area contributed by atoms with Crippen LogP contribution in [0, 0.1) is 13.8 Å². The molecule has 0 bridgehead atoms. The number of rotatable bonds is 7. The van der Waals surface area contributed by atoms with Crippen molar-refractivity contribution in [1.82, 2.24) is 20.2 Å². The predicted molar refractivity (Wildman–Crippen MR) is 110 cm³/mol. The van der Waals surface area contributed by atoms with Crippen LogP contribution >= 0.6 is 0 Å². The highest BCUT2D eigenvalue weighted by atomic mass is 16.5. The van der Waals surface area contributed by atoms with Crippen LogP contribution in [0.25, 0.3) is 10.9 Å². The summed E-state index contributed by atoms with van der Waals surface area (Å²) in [5.74, 6) is 0.911. The second kappa shape index (κ2) is 8.78. The average molecular weight is 420 g/mol. The van der Waals surface area contributed by atoms with Crippen LogP contribution < -0.4 is 10.3 Å². The summed E-state index contributed by atoms with van der Waals surface area (Å²) in [6.07, 6.45) is 0.0555. The highest BCUT2D eigenvalue weighted by Crippen LogP contribution is 2.18.